The minimum Gasteiger partial charge on any atom is -0.332 e. The summed E-state index contributed by atoms with van der Waals surface area (Å²) in [6, 6.07) is 22.1. The van der Waals surface area contributed by atoms with Gasteiger partial charge in [-0.25, -0.2) is 9.37 Å². The summed E-state index contributed by atoms with van der Waals surface area (Å²) in [7, 11) is 0. The lowest BCUT2D eigenvalue weighted by Gasteiger charge is -2.18. The Morgan fingerprint density at radius 1 is 1.06 bits per heavy atom. The number of nitrogens with zero attached hydrogens (tertiary/aromatic N) is 2. The van der Waals surface area contributed by atoms with E-state index in [1.54, 1.807) is 28.4 Å². The van der Waals surface area contributed by atoms with Gasteiger partial charge in [-0.05, 0) is 55.3 Å². The third kappa shape index (κ3) is 3.70. The van der Waals surface area contributed by atoms with Gasteiger partial charge in [0.15, 0.2) is 5.13 Å². The second-order valence-corrected chi connectivity index (χ2v) is 8.65. The van der Waals surface area contributed by atoms with Crippen LogP contribution in [-0.4, -0.2) is 17.4 Å². The zero-order valence-electron chi connectivity index (χ0n) is 16.9. The number of hydrogen-bond acceptors (Lipinski definition) is 4. The van der Waals surface area contributed by atoms with Crippen LogP contribution in [0.1, 0.15) is 20.8 Å². The van der Waals surface area contributed by atoms with Crippen LogP contribution in [0.15, 0.2) is 72.8 Å². The van der Waals surface area contributed by atoms with Gasteiger partial charge >= 0.3 is 0 Å². The van der Waals surface area contributed by atoms with Gasteiger partial charge in [-0.2, -0.15) is 0 Å². The van der Waals surface area contributed by atoms with Crippen molar-refractivity contribution in [3.8, 4) is 11.3 Å². The van der Waals surface area contributed by atoms with Crippen LogP contribution in [0.25, 0.3) is 11.3 Å². The Bertz CT molecular complexity index is 1270. The monoisotopic (exact) mass is 429 g/mol. The summed E-state index contributed by atoms with van der Waals surface area (Å²) in [6.07, 6.45) is 0.738. The average molecular weight is 430 g/mol. The van der Waals surface area contributed by atoms with Crippen molar-refractivity contribution < 1.29 is 9.18 Å². The van der Waals surface area contributed by atoms with Crippen molar-refractivity contribution in [2.75, 3.05) is 16.8 Å². The summed E-state index contributed by atoms with van der Waals surface area (Å²) >= 11 is 1.61. The number of aromatic nitrogens is 1. The van der Waals surface area contributed by atoms with Gasteiger partial charge in [-0.15, -0.1) is 11.3 Å². The van der Waals surface area contributed by atoms with E-state index in [9.17, 15) is 9.18 Å². The summed E-state index contributed by atoms with van der Waals surface area (Å²) in [4.78, 5) is 20.5. The minimum absolute atomic E-state index is 0.103. The predicted molar refractivity (Wildman–Crippen MR) is 124 cm³/mol. The van der Waals surface area contributed by atoms with Crippen molar-refractivity contribution in [1.29, 1.82) is 0 Å². The first-order chi connectivity index (χ1) is 15.1. The first-order valence-electron chi connectivity index (χ1n) is 10.1. The van der Waals surface area contributed by atoms with Crippen LogP contribution in [-0.2, 0) is 6.42 Å². The molecule has 154 valence electrons. The van der Waals surface area contributed by atoms with Gasteiger partial charge in [0.1, 0.15) is 5.82 Å². The van der Waals surface area contributed by atoms with Crippen LogP contribution < -0.4 is 10.2 Å². The highest BCUT2D eigenvalue weighted by atomic mass is 32.1. The first-order valence-corrected chi connectivity index (χ1v) is 10.9. The zero-order chi connectivity index (χ0) is 21.4. The van der Waals surface area contributed by atoms with Crippen LogP contribution >= 0.6 is 11.3 Å². The van der Waals surface area contributed by atoms with E-state index in [0.717, 1.165) is 44.6 Å². The van der Waals surface area contributed by atoms with Gasteiger partial charge in [-0.3, -0.25) is 4.79 Å². The van der Waals surface area contributed by atoms with Crippen molar-refractivity contribution >= 4 is 33.8 Å². The predicted octanol–water partition coefficient (Wildman–Crippen LogP) is 6.20. The van der Waals surface area contributed by atoms with E-state index in [2.05, 4.69) is 18.3 Å². The van der Waals surface area contributed by atoms with E-state index in [0.29, 0.717) is 6.54 Å². The number of benzene rings is 3. The fourth-order valence-electron chi connectivity index (χ4n) is 3.90. The maximum Gasteiger partial charge on any atom is 0.261 e. The molecule has 0 bridgehead atoms. The maximum absolute atomic E-state index is 14.1. The van der Waals surface area contributed by atoms with Crippen LogP contribution in [0, 0.1) is 12.7 Å². The molecule has 0 saturated heterocycles. The lowest BCUT2D eigenvalue weighted by Crippen LogP contribution is -2.29. The number of hydrogen-bond donors (Lipinski definition) is 1. The molecule has 0 fully saturated rings. The van der Waals surface area contributed by atoms with Crippen molar-refractivity contribution in [1.82, 2.24) is 4.98 Å². The molecule has 1 amide bonds. The molecule has 31 heavy (non-hydrogen) atoms. The number of carbonyl (C=O) groups excluding carboxylic acids is 1. The Hall–Kier alpha value is -3.51. The Kier molecular flexibility index (Phi) is 5.00. The summed E-state index contributed by atoms with van der Waals surface area (Å²) in [5, 5.41) is 4.19. The SMILES string of the molecule is Cc1sc(Nc2ccccc2)nc1-c1ccc2c(c1)CCN2C(=O)c1ccccc1F. The van der Waals surface area contributed by atoms with Crippen LogP contribution in [0.3, 0.4) is 0 Å². The number of anilines is 3. The highest BCUT2D eigenvalue weighted by molar-refractivity contribution is 7.16. The molecule has 5 rings (SSSR count). The molecule has 4 aromatic rings. The maximum atomic E-state index is 14.1. The number of rotatable bonds is 4. The molecule has 0 atom stereocenters. The highest BCUT2D eigenvalue weighted by Crippen LogP contribution is 2.37. The molecule has 3 aromatic carbocycles. The normalized spacial score (nSPS) is 12.6. The summed E-state index contributed by atoms with van der Waals surface area (Å²) in [6.45, 7) is 2.60. The Morgan fingerprint density at radius 3 is 2.65 bits per heavy atom. The minimum atomic E-state index is -0.492. The molecule has 0 radical (unpaired) electrons. The number of thiazole rings is 1. The third-order valence-corrected chi connectivity index (χ3v) is 6.31. The lowest BCUT2D eigenvalue weighted by molar-refractivity contribution is 0.0985. The number of para-hydroxylation sites is 1. The number of halogens is 1. The van der Waals surface area contributed by atoms with Crippen molar-refractivity contribution in [2.24, 2.45) is 0 Å². The molecule has 2 heterocycles. The lowest BCUT2D eigenvalue weighted by atomic mass is 10.1. The van der Waals surface area contributed by atoms with E-state index in [1.807, 2.05) is 42.5 Å². The summed E-state index contributed by atoms with van der Waals surface area (Å²) < 4.78 is 14.1. The van der Waals surface area contributed by atoms with Crippen molar-refractivity contribution in [2.45, 2.75) is 13.3 Å². The first kappa shape index (κ1) is 19.5. The summed E-state index contributed by atoms with van der Waals surface area (Å²) in [5.74, 6) is -0.794. The molecule has 1 aromatic heterocycles. The molecule has 1 N–H and O–H groups in total. The van der Waals surface area contributed by atoms with Crippen LogP contribution in [0.5, 0.6) is 0 Å². The van der Waals surface area contributed by atoms with Gasteiger partial charge in [0, 0.05) is 28.4 Å². The van der Waals surface area contributed by atoms with E-state index in [4.69, 9.17) is 4.98 Å². The smallest absolute Gasteiger partial charge is 0.261 e. The van der Waals surface area contributed by atoms with Crippen molar-refractivity contribution in [3.63, 3.8) is 0 Å². The quantitative estimate of drug-likeness (QED) is 0.420. The third-order valence-electron chi connectivity index (χ3n) is 5.42. The Morgan fingerprint density at radius 2 is 1.84 bits per heavy atom. The molecule has 1 aliphatic heterocycles. The molecular formula is C25H20FN3OS. The number of nitrogens with one attached hydrogen (secondary N) is 1. The van der Waals surface area contributed by atoms with E-state index in [1.165, 1.54) is 12.1 Å². The molecular weight excluding hydrogens is 409 g/mol. The fourth-order valence-corrected chi connectivity index (χ4v) is 4.76. The summed E-state index contributed by atoms with van der Waals surface area (Å²) in [5.41, 5.74) is 4.98. The van der Waals surface area contributed by atoms with Crippen LogP contribution in [0.2, 0.25) is 0 Å². The molecule has 0 spiro atoms. The van der Waals surface area contributed by atoms with E-state index >= 15 is 0 Å². The molecule has 0 aliphatic carbocycles. The number of aryl methyl sites for hydroxylation is 1. The molecule has 6 heteroatoms. The van der Waals surface area contributed by atoms with E-state index < -0.39 is 5.82 Å². The number of amides is 1. The van der Waals surface area contributed by atoms with Gasteiger partial charge in [0.25, 0.3) is 5.91 Å². The van der Waals surface area contributed by atoms with Crippen LogP contribution in [0.4, 0.5) is 20.9 Å². The zero-order valence-corrected chi connectivity index (χ0v) is 17.7. The van der Waals surface area contributed by atoms with Crippen molar-refractivity contribution in [3.05, 3.63) is 94.6 Å². The van der Waals surface area contributed by atoms with Gasteiger partial charge in [0.05, 0.1) is 11.3 Å². The fraction of sp³-hybridized carbons (Fsp3) is 0.120. The number of fused-ring (bicyclic) bond motifs is 1. The highest BCUT2D eigenvalue weighted by Gasteiger charge is 2.27. The van der Waals surface area contributed by atoms with Gasteiger partial charge < -0.3 is 10.2 Å². The standard InChI is InChI=1S/C25H20FN3OS/c1-16-23(28-25(31-16)27-19-7-3-2-4-8-19)18-11-12-22-17(15-18)13-14-29(22)24(30)20-9-5-6-10-21(20)26/h2-12,15H,13-14H2,1H3,(H,27,28). The Balaban J connectivity index is 1.42. The molecule has 1 aliphatic rings. The largest absolute Gasteiger partial charge is 0.332 e. The average Bonchev–Trinajstić information content (AvgIpc) is 3.37. The second kappa shape index (κ2) is 7.96. The second-order valence-electron chi connectivity index (χ2n) is 7.44. The van der Waals surface area contributed by atoms with E-state index in [-0.39, 0.29) is 11.5 Å². The molecule has 0 unspecified atom stereocenters. The molecule has 0 saturated carbocycles. The molecule has 4 nitrogen and oxygen atoms in total. The number of carbonyl (C=O) groups is 1. The Labute approximate surface area is 184 Å². The topological polar surface area (TPSA) is 45.2 Å². The van der Waals surface area contributed by atoms with Gasteiger partial charge in [0.2, 0.25) is 0 Å². The van der Waals surface area contributed by atoms with Gasteiger partial charge in [-0.1, -0.05) is 36.4 Å².